The van der Waals surface area contributed by atoms with Crippen molar-refractivity contribution in [3.05, 3.63) is 52.4 Å². The van der Waals surface area contributed by atoms with E-state index in [4.69, 9.17) is 14.2 Å². The van der Waals surface area contributed by atoms with E-state index < -0.39 is 23.8 Å². The molecule has 3 atom stereocenters. The van der Waals surface area contributed by atoms with Crippen molar-refractivity contribution >= 4 is 17.7 Å². The number of hydrogen-bond acceptors (Lipinski definition) is 7. The van der Waals surface area contributed by atoms with Gasteiger partial charge in [-0.05, 0) is 69.6 Å². The Kier molecular flexibility index (Phi) is 8.17. The highest BCUT2D eigenvalue weighted by atomic mass is 16.5. The first-order valence-electron chi connectivity index (χ1n) is 13.1. The van der Waals surface area contributed by atoms with Crippen LogP contribution in [-0.2, 0) is 23.9 Å². The van der Waals surface area contributed by atoms with Gasteiger partial charge in [-0.3, -0.25) is 9.59 Å². The third kappa shape index (κ3) is 5.20. The lowest BCUT2D eigenvalue weighted by molar-refractivity contribution is -0.151. The number of rotatable bonds is 6. The lowest BCUT2D eigenvalue weighted by Crippen LogP contribution is -2.43. The predicted octanol–water partition coefficient (Wildman–Crippen LogP) is 4.96. The summed E-state index contributed by atoms with van der Waals surface area (Å²) in [6, 6.07) is 7.48. The Morgan fingerprint density at radius 1 is 1.11 bits per heavy atom. The lowest BCUT2D eigenvalue weighted by Gasteiger charge is -2.38. The fraction of sp³-hybridized carbons (Fsp3) is 0.552. The van der Waals surface area contributed by atoms with Crippen LogP contribution in [0.15, 0.2) is 46.8 Å². The van der Waals surface area contributed by atoms with E-state index in [1.165, 1.54) is 7.11 Å². The number of esters is 2. The molecule has 7 heteroatoms. The van der Waals surface area contributed by atoms with Crippen molar-refractivity contribution in [1.82, 2.24) is 5.32 Å². The summed E-state index contributed by atoms with van der Waals surface area (Å²) < 4.78 is 16.8. The summed E-state index contributed by atoms with van der Waals surface area (Å²) in [5.74, 6) is -2.40. The molecule has 4 rings (SSSR count). The molecule has 0 radical (unpaired) electrons. The van der Waals surface area contributed by atoms with E-state index in [0.717, 1.165) is 49.8 Å². The number of ether oxygens (including phenoxy) is 3. The summed E-state index contributed by atoms with van der Waals surface area (Å²) in [5, 5.41) is 3.33. The fourth-order valence-electron chi connectivity index (χ4n) is 5.81. The average molecular weight is 496 g/mol. The number of carbonyl (C=O) groups excluding carboxylic acids is 3. The van der Waals surface area contributed by atoms with Crippen LogP contribution in [0.1, 0.15) is 77.2 Å². The smallest absolute Gasteiger partial charge is 0.337 e. The minimum atomic E-state index is -0.911. The lowest BCUT2D eigenvalue weighted by atomic mass is 9.69. The van der Waals surface area contributed by atoms with Gasteiger partial charge in [-0.15, -0.1) is 0 Å². The molecule has 36 heavy (non-hydrogen) atoms. The van der Waals surface area contributed by atoms with Gasteiger partial charge in [0.1, 0.15) is 17.8 Å². The van der Waals surface area contributed by atoms with Crippen molar-refractivity contribution in [2.24, 2.45) is 11.8 Å². The molecule has 0 spiro atoms. The summed E-state index contributed by atoms with van der Waals surface area (Å²) in [5.41, 5.74) is 3.04. The van der Waals surface area contributed by atoms with E-state index in [1.54, 1.807) is 0 Å². The van der Waals surface area contributed by atoms with Crippen molar-refractivity contribution in [3.8, 4) is 5.75 Å². The Hall–Kier alpha value is -3.09. The summed E-state index contributed by atoms with van der Waals surface area (Å²) in [4.78, 5) is 40.2. The first-order valence-corrected chi connectivity index (χ1v) is 13.1. The molecule has 1 fully saturated rings. The molecule has 1 aromatic carbocycles. The molecule has 2 aliphatic carbocycles. The van der Waals surface area contributed by atoms with Crippen LogP contribution in [0.25, 0.3) is 0 Å². The topological polar surface area (TPSA) is 90.9 Å². The van der Waals surface area contributed by atoms with Crippen LogP contribution in [0.3, 0.4) is 0 Å². The highest BCUT2D eigenvalue weighted by molar-refractivity contribution is 6.12. The number of Topliss-reactive ketones (excluding diaryl/α,β-unsaturated/α-hetero) is 1. The van der Waals surface area contributed by atoms with E-state index in [-0.39, 0.29) is 17.8 Å². The normalized spacial score (nSPS) is 25.0. The number of dihydropyridines is 1. The molecule has 0 amide bonds. The van der Waals surface area contributed by atoms with E-state index >= 15 is 0 Å². The molecule has 3 aliphatic rings. The van der Waals surface area contributed by atoms with E-state index in [1.807, 2.05) is 45.0 Å². The Balaban J connectivity index is 1.78. The first-order chi connectivity index (χ1) is 17.3. The van der Waals surface area contributed by atoms with Crippen molar-refractivity contribution in [2.45, 2.75) is 77.7 Å². The molecule has 0 bridgehead atoms. The van der Waals surface area contributed by atoms with Gasteiger partial charge in [0, 0.05) is 22.9 Å². The predicted molar refractivity (Wildman–Crippen MR) is 135 cm³/mol. The van der Waals surface area contributed by atoms with Crippen molar-refractivity contribution in [1.29, 1.82) is 0 Å². The van der Waals surface area contributed by atoms with Gasteiger partial charge in [0.05, 0.1) is 19.3 Å². The number of allylic oxidation sites excluding steroid dienone is 3. The minimum absolute atomic E-state index is 0.129. The van der Waals surface area contributed by atoms with Crippen LogP contribution in [0.4, 0.5) is 0 Å². The van der Waals surface area contributed by atoms with Crippen LogP contribution in [0.2, 0.25) is 0 Å². The molecular formula is C29H37NO6. The van der Waals surface area contributed by atoms with Gasteiger partial charge in [-0.25, -0.2) is 4.79 Å². The number of methoxy groups -OCH3 is 1. The standard InChI is InChI=1S/C29H37NO6/c1-5-35-21-14-10-11-19(16-21)25-24(29(33)36-20-12-8-6-7-9-13-20)18(3)30-22-15-17(2)23(28(32)34-4)27(31)26(22)25/h10-11,14,16-17,20,23,25,30H,5-9,12-13,15H2,1-4H3/t17-,23-,25-/m1/s1. The second kappa shape index (κ2) is 11.3. The van der Waals surface area contributed by atoms with Crippen LogP contribution >= 0.6 is 0 Å². The number of hydrogen-bond donors (Lipinski definition) is 1. The highest BCUT2D eigenvalue weighted by Crippen LogP contribution is 2.46. The molecular weight excluding hydrogens is 458 g/mol. The number of ketones is 1. The zero-order valence-electron chi connectivity index (χ0n) is 21.7. The van der Waals surface area contributed by atoms with Crippen LogP contribution < -0.4 is 10.1 Å². The molecule has 0 unspecified atom stereocenters. The second-order valence-corrected chi connectivity index (χ2v) is 10.1. The monoisotopic (exact) mass is 495 g/mol. The number of nitrogens with one attached hydrogen (secondary N) is 1. The molecule has 1 heterocycles. The van der Waals surface area contributed by atoms with E-state index in [0.29, 0.717) is 35.6 Å². The third-order valence-electron chi connectivity index (χ3n) is 7.54. The van der Waals surface area contributed by atoms with Crippen LogP contribution in [0.5, 0.6) is 5.75 Å². The average Bonchev–Trinajstić information content (AvgIpc) is 3.12. The molecule has 194 valence electrons. The van der Waals surface area contributed by atoms with Crippen LogP contribution in [-0.4, -0.2) is 37.5 Å². The van der Waals surface area contributed by atoms with Gasteiger partial charge in [-0.1, -0.05) is 31.9 Å². The molecule has 1 N–H and O–H groups in total. The maximum Gasteiger partial charge on any atom is 0.337 e. The Morgan fingerprint density at radius 3 is 2.50 bits per heavy atom. The SMILES string of the molecule is CCOc1cccc([C@@H]2C(C(=O)OC3CCCCCC3)=C(C)NC3=C2C(=O)[C@H](C(=O)OC)[C@H](C)C3)c1. The highest BCUT2D eigenvalue weighted by Gasteiger charge is 2.47. The van der Waals surface area contributed by atoms with Crippen molar-refractivity contribution < 1.29 is 28.6 Å². The molecule has 1 aromatic rings. The van der Waals surface area contributed by atoms with Crippen LogP contribution in [0, 0.1) is 11.8 Å². The molecule has 0 saturated heterocycles. The molecule has 0 aromatic heterocycles. The molecule has 7 nitrogen and oxygen atoms in total. The maximum atomic E-state index is 13.9. The van der Waals surface area contributed by atoms with Crippen molar-refractivity contribution in [2.75, 3.05) is 13.7 Å². The Morgan fingerprint density at radius 2 is 1.83 bits per heavy atom. The zero-order valence-corrected chi connectivity index (χ0v) is 21.7. The fourth-order valence-corrected chi connectivity index (χ4v) is 5.81. The van der Waals surface area contributed by atoms with Gasteiger partial charge in [0.15, 0.2) is 5.78 Å². The van der Waals surface area contributed by atoms with Gasteiger partial charge in [0.25, 0.3) is 0 Å². The van der Waals surface area contributed by atoms with Gasteiger partial charge >= 0.3 is 11.9 Å². The largest absolute Gasteiger partial charge is 0.494 e. The van der Waals surface area contributed by atoms with Crippen molar-refractivity contribution in [3.63, 3.8) is 0 Å². The maximum absolute atomic E-state index is 13.9. The number of benzene rings is 1. The van der Waals surface area contributed by atoms with Gasteiger partial charge < -0.3 is 19.5 Å². The summed E-state index contributed by atoms with van der Waals surface area (Å²) in [6.45, 7) is 6.14. The number of carbonyl (C=O) groups is 3. The summed E-state index contributed by atoms with van der Waals surface area (Å²) >= 11 is 0. The summed E-state index contributed by atoms with van der Waals surface area (Å²) in [7, 11) is 1.30. The second-order valence-electron chi connectivity index (χ2n) is 10.1. The van der Waals surface area contributed by atoms with E-state index in [2.05, 4.69) is 5.32 Å². The Bertz CT molecular complexity index is 1080. The summed E-state index contributed by atoms with van der Waals surface area (Å²) in [6.07, 6.45) is 6.47. The van der Waals surface area contributed by atoms with E-state index in [9.17, 15) is 14.4 Å². The third-order valence-corrected chi connectivity index (χ3v) is 7.54. The molecule has 1 aliphatic heterocycles. The first kappa shape index (κ1) is 26.0. The van der Waals surface area contributed by atoms with Gasteiger partial charge in [0.2, 0.25) is 0 Å². The molecule has 1 saturated carbocycles. The Labute approximate surface area is 213 Å². The zero-order chi connectivity index (χ0) is 25.8. The quantitative estimate of drug-likeness (QED) is 0.339. The van der Waals surface area contributed by atoms with Gasteiger partial charge in [-0.2, -0.15) is 0 Å². The minimum Gasteiger partial charge on any atom is -0.494 e.